The number of amides is 1. The lowest BCUT2D eigenvalue weighted by molar-refractivity contribution is -0.911. The smallest absolute Gasteiger partial charge is 0.232 e. The highest BCUT2D eigenvalue weighted by Crippen LogP contribution is 2.40. The lowest BCUT2D eigenvalue weighted by Crippen LogP contribution is -3.12. The molecule has 0 bridgehead atoms. The van der Waals surface area contributed by atoms with Gasteiger partial charge in [0.05, 0.1) is 17.9 Å². The summed E-state index contributed by atoms with van der Waals surface area (Å²) >= 11 is 1.58. The molecule has 3 aromatic rings. The molecule has 1 unspecified atom stereocenters. The molecule has 1 amide bonds. The third-order valence-corrected chi connectivity index (χ3v) is 7.22. The fourth-order valence-corrected chi connectivity index (χ4v) is 5.46. The lowest BCUT2D eigenvalue weighted by Gasteiger charge is -2.38. The predicted octanol–water partition coefficient (Wildman–Crippen LogP) is 3.66. The number of rotatable bonds is 6. The summed E-state index contributed by atoms with van der Waals surface area (Å²) in [7, 11) is 0. The van der Waals surface area contributed by atoms with Crippen molar-refractivity contribution in [3.05, 3.63) is 100 Å². The molecular weight excluding hydrogens is 434 g/mol. The molecule has 3 heterocycles. The molecule has 1 aromatic heterocycles. The van der Waals surface area contributed by atoms with Gasteiger partial charge in [0.1, 0.15) is 29.8 Å². The minimum absolute atomic E-state index is 0.0579. The molecule has 1 N–H and O–H groups in total. The van der Waals surface area contributed by atoms with E-state index in [4.69, 9.17) is 9.15 Å². The summed E-state index contributed by atoms with van der Waals surface area (Å²) in [6.07, 6.45) is 1.96. The van der Waals surface area contributed by atoms with Gasteiger partial charge in [-0.3, -0.25) is 9.69 Å². The van der Waals surface area contributed by atoms with Gasteiger partial charge in [-0.25, -0.2) is 0 Å². The molecule has 1 fully saturated rings. The Labute approximate surface area is 197 Å². The summed E-state index contributed by atoms with van der Waals surface area (Å²) in [5.41, 5.74) is 2.74. The number of nitrogens with one attached hydrogen (secondary N) is 1. The SMILES string of the molecule is N#CC1=C2SC[NH+](Cc3ccco3)CN2C(=O)C[C@H]1c1ccc(OCc2ccccc2)cc1. The molecule has 0 saturated carbocycles. The molecule has 6 nitrogen and oxygen atoms in total. The largest absolute Gasteiger partial charge is 0.489 e. The summed E-state index contributed by atoms with van der Waals surface area (Å²) in [6.45, 7) is 1.76. The Bertz CT molecular complexity index is 1180. The maximum atomic E-state index is 13.1. The fourth-order valence-electron chi connectivity index (χ4n) is 4.26. The summed E-state index contributed by atoms with van der Waals surface area (Å²) < 4.78 is 11.3. The first-order valence-electron chi connectivity index (χ1n) is 10.9. The Morgan fingerprint density at radius 1 is 1.12 bits per heavy atom. The van der Waals surface area contributed by atoms with E-state index in [0.29, 0.717) is 31.8 Å². The van der Waals surface area contributed by atoms with Crippen molar-refractivity contribution in [2.45, 2.75) is 25.5 Å². The second-order valence-electron chi connectivity index (χ2n) is 8.21. The average Bonchev–Trinajstić information content (AvgIpc) is 3.37. The van der Waals surface area contributed by atoms with Gasteiger partial charge in [-0.1, -0.05) is 42.5 Å². The number of carbonyl (C=O) groups is 1. The van der Waals surface area contributed by atoms with Crippen LogP contribution in [0.5, 0.6) is 5.75 Å². The predicted molar refractivity (Wildman–Crippen MR) is 125 cm³/mol. The number of hydrogen-bond acceptors (Lipinski definition) is 5. The molecule has 0 spiro atoms. The third kappa shape index (κ3) is 4.68. The standard InChI is InChI=1S/C26H23N3O3S/c27-14-24-23(20-8-10-21(11-9-20)32-16-19-5-2-1-3-6-19)13-25(30)29-17-28(18-33-26(24)29)15-22-7-4-12-31-22/h1-12,23H,13,15-18H2/p+1/t23-/m0/s1. The van der Waals surface area contributed by atoms with Crippen LogP contribution in [0, 0.1) is 11.3 Å². The number of ether oxygens (including phenoxy) is 1. The van der Waals surface area contributed by atoms with Crippen LogP contribution in [0.4, 0.5) is 0 Å². The van der Waals surface area contributed by atoms with Crippen LogP contribution in [-0.4, -0.2) is 23.4 Å². The van der Waals surface area contributed by atoms with E-state index in [1.54, 1.807) is 22.9 Å². The molecular formula is C26H24N3O3S+. The number of hydrogen-bond donors (Lipinski definition) is 1. The van der Waals surface area contributed by atoms with E-state index in [9.17, 15) is 10.1 Å². The number of allylic oxidation sites excluding steroid dienone is 1. The van der Waals surface area contributed by atoms with Gasteiger partial charge in [-0.15, -0.1) is 0 Å². The second-order valence-corrected chi connectivity index (χ2v) is 9.17. The van der Waals surface area contributed by atoms with E-state index < -0.39 is 0 Å². The van der Waals surface area contributed by atoms with Crippen molar-refractivity contribution in [1.29, 1.82) is 5.26 Å². The lowest BCUT2D eigenvalue weighted by atomic mass is 9.86. The van der Waals surface area contributed by atoms with E-state index in [1.165, 1.54) is 4.90 Å². The average molecular weight is 459 g/mol. The van der Waals surface area contributed by atoms with Crippen molar-refractivity contribution in [3.8, 4) is 11.8 Å². The molecule has 166 valence electrons. The van der Waals surface area contributed by atoms with Gasteiger partial charge in [-0.05, 0) is 47.2 Å². The topological polar surface area (TPSA) is 70.9 Å². The Kier molecular flexibility index (Phi) is 6.20. The molecule has 2 aliphatic heterocycles. The van der Waals surface area contributed by atoms with Crippen molar-refractivity contribution in [2.75, 3.05) is 12.5 Å². The second kappa shape index (κ2) is 9.57. The van der Waals surface area contributed by atoms with Gasteiger partial charge in [0.2, 0.25) is 5.91 Å². The maximum Gasteiger partial charge on any atom is 0.232 e. The highest BCUT2D eigenvalue weighted by molar-refractivity contribution is 8.02. The van der Waals surface area contributed by atoms with Gasteiger partial charge in [-0.2, -0.15) is 5.26 Å². The summed E-state index contributed by atoms with van der Waals surface area (Å²) in [6, 6.07) is 24.0. The minimum Gasteiger partial charge on any atom is -0.489 e. The molecule has 0 radical (unpaired) electrons. The quantitative estimate of drug-likeness (QED) is 0.611. The third-order valence-electron chi connectivity index (χ3n) is 5.95. The molecule has 7 heteroatoms. The van der Waals surface area contributed by atoms with E-state index >= 15 is 0 Å². The maximum absolute atomic E-state index is 13.1. The number of furan rings is 1. The van der Waals surface area contributed by atoms with Crippen LogP contribution in [-0.2, 0) is 17.9 Å². The van der Waals surface area contributed by atoms with Gasteiger partial charge < -0.3 is 14.1 Å². The van der Waals surface area contributed by atoms with Crippen molar-refractivity contribution < 1.29 is 18.8 Å². The first kappa shape index (κ1) is 21.4. The van der Waals surface area contributed by atoms with Crippen molar-refractivity contribution >= 4 is 17.7 Å². The molecule has 2 aliphatic rings. The molecule has 33 heavy (non-hydrogen) atoms. The van der Waals surface area contributed by atoms with Crippen LogP contribution in [0.1, 0.15) is 29.2 Å². The highest BCUT2D eigenvalue weighted by Gasteiger charge is 2.40. The summed E-state index contributed by atoms with van der Waals surface area (Å²) in [4.78, 5) is 16.1. The number of nitrogens with zero attached hydrogens (tertiary/aromatic N) is 2. The zero-order valence-corrected chi connectivity index (χ0v) is 18.9. The number of carbonyl (C=O) groups excluding carboxylic acids is 1. The first-order valence-corrected chi connectivity index (χ1v) is 11.9. The van der Waals surface area contributed by atoms with E-state index in [-0.39, 0.29) is 11.8 Å². The Balaban J connectivity index is 1.30. The number of quaternary nitrogens is 1. The van der Waals surface area contributed by atoms with Crippen molar-refractivity contribution in [2.24, 2.45) is 0 Å². The van der Waals surface area contributed by atoms with Gasteiger partial charge in [0.25, 0.3) is 0 Å². The number of nitriles is 1. The van der Waals surface area contributed by atoms with E-state index in [1.807, 2.05) is 66.7 Å². The Hall–Kier alpha value is -3.47. The van der Waals surface area contributed by atoms with Crippen molar-refractivity contribution in [3.63, 3.8) is 0 Å². The number of fused-ring (bicyclic) bond motifs is 1. The molecule has 2 aromatic carbocycles. The van der Waals surface area contributed by atoms with Crippen molar-refractivity contribution in [1.82, 2.24) is 4.90 Å². The summed E-state index contributed by atoms with van der Waals surface area (Å²) in [5, 5.41) is 10.8. The summed E-state index contributed by atoms with van der Waals surface area (Å²) in [5.74, 6) is 2.28. The Morgan fingerprint density at radius 3 is 2.67 bits per heavy atom. The zero-order valence-electron chi connectivity index (χ0n) is 18.1. The monoisotopic (exact) mass is 458 g/mol. The normalized spacial score (nSPS) is 20.3. The molecule has 2 atom stereocenters. The number of thioether (sulfide) groups is 1. The van der Waals surface area contributed by atoms with Gasteiger partial charge >= 0.3 is 0 Å². The van der Waals surface area contributed by atoms with E-state index in [0.717, 1.165) is 33.5 Å². The fraction of sp³-hybridized carbons (Fsp3) is 0.231. The molecule has 0 aliphatic carbocycles. The Morgan fingerprint density at radius 2 is 1.94 bits per heavy atom. The minimum atomic E-state index is -0.226. The highest BCUT2D eigenvalue weighted by atomic mass is 32.2. The number of benzene rings is 2. The van der Waals surface area contributed by atoms with Crippen LogP contribution >= 0.6 is 11.8 Å². The van der Waals surface area contributed by atoms with E-state index in [2.05, 4.69) is 6.07 Å². The zero-order chi connectivity index (χ0) is 22.6. The van der Waals surface area contributed by atoms with Gasteiger partial charge in [0, 0.05) is 12.3 Å². The van der Waals surface area contributed by atoms with Crippen LogP contribution < -0.4 is 9.64 Å². The van der Waals surface area contributed by atoms with Crippen LogP contribution in [0.2, 0.25) is 0 Å². The first-order chi connectivity index (χ1) is 16.2. The van der Waals surface area contributed by atoms with Crippen LogP contribution in [0.15, 0.2) is 88.0 Å². The molecule has 5 rings (SSSR count). The van der Waals surface area contributed by atoms with Crippen LogP contribution in [0.3, 0.4) is 0 Å². The van der Waals surface area contributed by atoms with Crippen LogP contribution in [0.25, 0.3) is 0 Å². The molecule has 1 saturated heterocycles. The van der Waals surface area contributed by atoms with Gasteiger partial charge in [0.15, 0.2) is 12.4 Å².